The van der Waals surface area contributed by atoms with Gasteiger partial charge in [-0.15, -0.1) is 0 Å². The van der Waals surface area contributed by atoms with Crippen LogP contribution >= 0.6 is 15.9 Å². The maximum atomic E-state index is 13.2. The van der Waals surface area contributed by atoms with Crippen LogP contribution in [0.3, 0.4) is 0 Å². The van der Waals surface area contributed by atoms with Crippen molar-refractivity contribution in [2.24, 2.45) is 0 Å². The summed E-state index contributed by atoms with van der Waals surface area (Å²) in [5.74, 6) is -0.895. The quantitative estimate of drug-likeness (QED) is 0.186. The standard InChI is InChI=1S/C26H20BrN3O7/c1-15-10-18(27)7-8-21(15)29-25(32)20(24(31)28-26(29)33)12-16-6-9-22(23(13-16)36-2)37-14-17-4-3-5-19(11-17)30(34)35/h3-13H,14H2,1-2H3,(H,28,31,33)/b20-12-. The number of nitro benzene ring substituents is 1. The first-order valence-corrected chi connectivity index (χ1v) is 11.7. The first kappa shape index (κ1) is 25.6. The third-order valence-electron chi connectivity index (χ3n) is 5.52. The monoisotopic (exact) mass is 565 g/mol. The molecule has 188 valence electrons. The number of imide groups is 2. The number of benzene rings is 3. The molecule has 4 rings (SSSR count). The molecule has 1 aliphatic heterocycles. The van der Waals surface area contributed by atoms with Gasteiger partial charge in [-0.1, -0.05) is 34.1 Å². The highest BCUT2D eigenvalue weighted by molar-refractivity contribution is 9.10. The summed E-state index contributed by atoms with van der Waals surface area (Å²) in [6.07, 6.45) is 1.36. The number of nitro groups is 1. The predicted octanol–water partition coefficient (Wildman–Crippen LogP) is 4.92. The number of rotatable bonds is 7. The van der Waals surface area contributed by atoms with Crippen LogP contribution in [-0.4, -0.2) is 29.9 Å². The molecule has 37 heavy (non-hydrogen) atoms. The highest BCUT2D eigenvalue weighted by atomic mass is 79.9. The van der Waals surface area contributed by atoms with Crippen LogP contribution in [0.1, 0.15) is 16.7 Å². The van der Waals surface area contributed by atoms with E-state index in [1.165, 1.54) is 25.3 Å². The van der Waals surface area contributed by atoms with Crippen LogP contribution in [0.25, 0.3) is 6.08 Å². The van der Waals surface area contributed by atoms with E-state index in [4.69, 9.17) is 9.47 Å². The molecule has 0 saturated carbocycles. The second-order valence-corrected chi connectivity index (χ2v) is 8.93. The van der Waals surface area contributed by atoms with Gasteiger partial charge in [-0.25, -0.2) is 9.69 Å². The fourth-order valence-corrected chi connectivity index (χ4v) is 4.20. The van der Waals surface area contributed by atoms with Crippen LogP contribution in [0.4, 0.5) is 16.2 Å². The van der Waals surface area contributed by atoms with Crippen LogP contribution in [0.15, 0.2) is 70.7 Å². The number of hydrogen-bond acceptors (Lipinski definition) is 7. The summed E-state index contributed by atoms with van der Waals surface area (Å²) in [4.78, 5) is 49.7. The molecule has 0 unspecified atom stereocenters. The third kappa shape index (κ3) is 5.51. The first-order valence-electron chi connectivity index (χ1n) is 10.9. The number of halogens is 1. The molecule has 1 fully saturated rings. The topological polar surface area (TPSA) is 128 Å². The van der Waals surface area contributed by atoms with E-state index in [9.17, 15) is 24.5 Å². The molecule has 11 heteroatoms. The average molecular weight is 566 g/mol. The van der Waals surface area contributed by atoms with E-state index in [0.717, 1.165) is 9.37 Å². The molecule has 3 aromatic rings. The number of nitrogens with zero attached hydrogens (tertiary/aromatic N) is 2. The van der Waals surface area contributed by atoms with Gasteiger partial charge < -0.3 is 9.47 Å². The molecule has 0 atom stereocenters. The Bertz CT molecular complexity index is 1470. The molecule has 10 nitrogen and oxygen atoms in total. The Kier molecular flexibility index (Phi) is 7.35. The van der Waals surface area contributed by atoms with Crippen LogP contribution < -0.4 is 19.7 Å². The summed E-state index contributed by atoms with van der Waals surface area (Å²) in [6, 6.07) is 15.1. The molecular weight excluding hydrogens is 546 g/mol. The molecule has 3 aromatic carbocycles. The summed E-state index contributed by atoms with van der Waals surface area (Å²) in [7, 11) is 1.43. The summed E-state index contributed by atoms with van der Waals surface area (Å²) >= 11 is 3.35. The van der Waals surface area contributed by atoms with Crippen LogP contribution in [0, 0.1) is 17.0 Å². The molecule has 0 aromatic heterocycles. The largest absolute Gasteiger partial charge is 0.493 e. The zero-order valence-corrected chi connectivity index (χ0v) is 21.3. The van der Waals surface area contributed by atoms with Crippen molar-refractivity contribution in [1.82, 2.24) is 5.32 Å². The number of urea groups is 1. The Balaban J connectivity index is 1.59. The van der Waals surface area contributed by atoms with Gasteiger partial charge in [0.15, 0.2) is 11.5 Å². The van der Waals surface area contributed by atoms with Gasteiger partial charge in [0.1, 0.15) is 12.2 Å². The van der Waals surface area contributed by atoms with Crippen LogP contribution in [-0.2, 0) is 16.2 Å². The van der Waals surface area contributed by atoms with Crippen molar-refractivity contribution >= 4 is 51.2 Å². The van der Waals surface area contributed by atoms with E-state index < -0.39 is 22.8 Å². The lowest BCUT2D eigenvalue weighted by molar-refractivity contribution is -0.384. The number of hydrogen-bond donors (Lipinski definition) is 1. The van der Waals surface area contributed by atoms with E-state index in [2.05, 4.69) is 21.2 Å². The second-order valence-electron chi connectivity index (χ2n) is 8.01. The van der Waals surface area contributed by atoms with E-state index in [1.807, 2.05) is 0 Å². The van der Waals surface area contributed by atoms with E-state index >= 15 is 0 Å². The number of carbonyl (C=O) groups is 3. The van der Waals surface area contributed by atoms with Crippen molar-refractivity contribution < 1.29 is 28.8 Å². The Hall–Kier alpha value is -4.51. The van der Waals surface area contributed by atoms with Gasteiger partial charge >= 0.3 is 6.03 Å². The lowest BCUT2D eigenvalue weighted by atomic mass is 10.1. The predicted molar refractivity (Wildman–Crippen MR) is 138 cm³/mol. The fourth-order valence-electron chi connectivity index (χ4n) is 3.73. The third-order valence-corrected chi connectivity index (χ3v) is 6.01. The molecule has 1 saturated heterocycles. The smallest absolute Gasteiger partial charge is 0.335 e. The number of nitrogens with one attached hydrogen (secondary N) is 1. The SMILES string of the molecule is COc1cc(/C=C2/C(=O)NC(=O)N(c3ccc(Br)cc3C)C2=O)ccc1OCc1cccc([N+](=O)[O-])c1. The van der Waals surface area contributed by atoms with Crippen molar-refractivity contribution in [1.29, 1.82) is 0 Å². The van der Waals surface area contributed by atoms with E-state index in [1.54, 1.807) is 55.5 Å². The molecule has 0 aliphatic carbocycles. The van der Waals surface area contributed by atoms with Crippen molar-refractivity contribution in [3.63, 3.8) is 0 Å². The number of amides is 4. The fraction of sp³-hybridized carbons (Fsp3) is 0.115. The maximum absolute atomic E-state index is 13.2. The highest BCUT2D eigenvalue weighted by Crippen LogP contribution is 2.31. The molecule has 0 bridgehead atoms. The van der Waals surface area contributed by atoms with Crippen molar-refractivity contribution in [2.75, 3.05) is 12.0 Å². The number of carbonyl (C=O) groups excluding carboxylic acids is 3. The van der Waals surface area contributed by atoms with Gasteiger partial charge in [0.05, 0.1) is 17.7 Å². The molecule has 1 aliphatic rings. The lowest BCUT2D eigenvalue weighted by Gasteiger charge is -2.27. The van der Waals surface area contributed by atoms with Crippen molar-refractivity contribution in [2.45, 2.75) is 13.5 Å². The summed E-state index contributed by atoms with van der Waals surface area (Å²) in [5, 5.41) is 13.2. The Morgan fingerprint density at radius 3 is 2.54 bits per heavy atom. The Morgan fingerprint density at radius 1 is 1.05 bits per heavy atom. The first-order chi connectivity index (χ1) is 17.7. The number of aryl methyl sites for hydroxylation is 1. The second kappa shape index (κ2) is 10.6. The Morgan fingerprint density at radius 2 is 1.84 bits per heavy atom. The molecule has 4 amide bonds. The van der Waals surface area contributed by atoms with Gasteiger partial charge in [0.25, 0.3) is 17.5 Å². The molecule has 1 heterocycles. The minimum Gasteiger partial charge on any atom is -0.493 e. The minimum absolute atomic E-state index is 0.0451. The number of anilines is 1. The van der Waals surface area contributed by atoms with Crippen LogP contribution in [0.5, 0.6) is 11.5 Å². The van der Waals surface area contributed by atoms with Gasteiger partial charge in [-0.05, 0) is 60.0 Å². The lowest BCUT2D eigenvalue weighted by Crippen LogP contribution is -2.54. The van der Waals surface area contributed by atoms with Crippen molar-refractivity contribution in [3.8, 4) is 11.5 Å². The molecular formula is C26H20BrN3O7. The van der Waals surface area contributed by atoms with E-state index in [0.29, 0.717) is 33.9 Å². The number of methoxy groups -OCH3 is 1. The van der Waals surface area contributed by atoms with Crippen LogP contribution in [0.2, 0.25) is 0 Å². The van der Waals surface area contributed by atoms with Gasteiger partial charge in [0, 0.05) is 16.6 Å². The van der Waals surface area contributed by atoms with Gasteiger partial charge in [0.2, 0.25) is 0 Å². The van der Waals surface area contributed by atoms with E-state index in [-0.39, 0.29) is 17.9 Å². The molecule has 0 spiro atoms. The molecule has 1 N–H and O–H groups in total. The maximum Gasteiger partial charge on any atom is 0.335 e. The summed E-state index contributed by atoms with van der Waals surface area (Å²) in [5.41, 5.74) is 1.80. The summed E-state index contributed by atoms with van der Waals surface area (Å²) < 4.78 is 12.0. The van der Waals surface area contributed by atoms with Crippen molar-refractivity contribution in [3.05, 3.63) is 97.5 Å². The van der Waals surface area contributed by atoms with Gasteiger partial charge in [-0.2, -0.15) is 0 Å². The average Bonchev–Trinajstić information content (AvgIpc) is 2.86. The normalized spacial score (nSPS) is 14.5. The van der Waals surface area contributed by atoms with Gasteiger partial charge in [-0.3, -0.25) is 25.0 Å². The minimum atomic E-state index is -0.833. The summed E-state index contributed by atoms with van der Waals surface area (Å²) in [6.45, 7) is 1.81. The zero-order chi connectivity index (χ0) is 26.7. The number of non-ortho nitro benzene ring substituents is 1. The number of ether oxygens (including phenoxy) is 2. The Labute approximate surface area is 219 Å². The zero-order valence-electron chi connectivity index (χ0n) is 19.7. The number of barbiturate groups is 1. The molecule has 0 radical (unpaired) electrons. The highest BCUT2D eigenvalue weighted by Gasteiger charge is 2.37.